The van der Waals surface area contributed by atoms with Gasteiger partial charge in [0.05, 0.1) is 17.8 Å². The predicted molar refractivity (Wildman–Crippen MR) is 118 cm³/mol. The Labute approximate surface area is 177 Å². The summed E-state index contributed by atoms with van der Waals surface area (Å²) < 4.78 is 6.24. The fraction of sp³-hybridized carbons (Fsp3) is 0.0870. The van der Waals surface area contributed by atoms with Crippen molar-refractivity contribution in [1.82, 2.24) is 9.78 Å². The number of fused-ring (bicyclic) bond motifs is 1. The van der Waals surface area contributed by atoms with E-state index in [2.05, 4.69) is 10.4 Å². The van der Waals surface area contributed by atoms with Crippen molar-refractivity contribution in [3.8, 4) is 17.0 Å². The highest BCUT2D eigenvalue weighted by Gasteiger charge is 2.10. The maximum Gasteiger partial charge on any atom is 0.267 e. The van der Waals surface area contributed by atoms with E-state index < -0.39 is 0 Å². The van der Waals surface area contributed by atoms with Gasteiger partial charge < -0.3 is 10.1 Å². The first-order valence-electron chi connectivity index (χ1n) is 9.24. The molecule has 150 valence electrons. The highest BCUT2D eigenvalue weighted by atomic mass is 35.5. The molecule has 1 aromatic heterocycles. The van der Waals surface area contributed by atoms with Crippen LogP contribution in [0.25, 0.3) is 22.0 Å². The predicted octanol–water partition coefficient (Wildman–Crippen LogP) is 4.36. The molecule has 0 unspecified atom stereocenters. The van der Waals surface area contributed by atoms with Gasteiger partial charge in [0.15, 0.2) is 0 Å². The lowest BCUT2D eigenvalue weighted by Gasteiger charge is -2.10. The van der Waals surface area contributed by atoms with Crippen LogP contribution in [-0.4, -0.2) is 22.8 Å². The zero-order valence-electron chi connectivity index (χ0n) is 16.1. The number of carbonyl (C=O) groups is 1. The number of methoxy groups -OCH3 is 1. The topological polar surface area (TPSA) is 73.2 Å². The lowest BCUT2D eigenvalue weighted by Crippen LogP contribution is -2.29. The Kier molecular flexibility index (Phi) is 5.50. The Bertz CT molecular complexity index is 1300. The van der Waals surface area contributed by atoms with E-state index in [0.717, 1.165) is 21.0 Å². The second kappa shape index (κ2) is 8.39. The number of ether oxygens (including phenoxy) is 1. The van der Waals surface area contributed by atoms with Crippen LogP contribution < -0.4 is 15.6 Å². The molecule has 4 rings (SSSR count). The Hall–Kier alpha value is -3.64. The number of hydrogen-bond donors (Lipinski definition) is 1. The molecule has 7 heteroatoms. The van der Waals surface area contributed by atoms with Crippen molar-refractivity contribution in [3.63, 3.8) is 0 Å². The quantitative estimate of drug-likeness (QED) is 0.521. The van der Waals surface area contributed by atoms with Gasteiger partial charge in [0.25, 0.3) is 5.56 Å². The Balaban J connectivity index is 1.56. The minimum atomic E-state index is -0.388. The summed E-state index contributed by atoms with van der Waals surface area (Å²) in [5.41, 5.74) is 1.62. The number of rotatable bonds is 5. The molecule has 3 aromatic carbocycles. The summed E-state index contributed by atoms with van der Waals surface area (Å²) in [6.07, 6.45) is 0. The molecule has 1 N–H and O–H groups in total. The van der Waals surface area contributed by atoms with Gasteiger partial charge in [-0.25, -0.2) is 4.68 Å². The van der Waals surface area contributed by atoms with Crippen molar-refractivity contribution < 1.29 is 9.53 Å². The number of nitrogens with one attached hydrogen (secondary N) is 1. The number of halogens is 1. The molecule has 0 aliphatic carbocycles. The second-order valence-corrected chi connectivity index (χ2v) is 7.08. The number of hydrogen-bond acceptors (Lipinski definition) is 4. The van der Waals surface area contributed by atoms with E-state index >= 15 is 0 Å². The van der Waals surface area contributed by atoms with Gasteiger partial charge in [-0.2, -0.15) is 5.10 Å². The van der Waals surface area contributed by atoms with Crippen molar-refractivity contribution >= 4 is 34.0 Å². The van der Waals surface area contributed by atoms with Crippen molar-refractivity contribution in [2.45, 2.75) is 6.54 Å². The average molecular weight is 420 g/mol. The molecule has 4 aromatic rings. The molecule has 0 spiro atoms. The molecule has 0 aliphatic heterocycles. The Morgan fingerprint density at radius 2 is 1.83 bits per heavy atom. The van der Waals surface area contributed by atoms with E-state index in [9.17, 15) is 9.59 Å². The van der Waals surface area contributed by atoms with Crippen LogP contribution in [0.5, 0.6) is 5.75 Å². The Morgan fingerprint density at radius 3 is 2.60 bits per heavy atom. The average Bonchev–Trinajstić information content (AvgIpc) is 2.75. The smallest absolute Gasteiger partial charge is 0.267 e. The molecule has 1 heterocycles. The van der Waals surface area contributed by atoms with Gasteiger partial charge in [0, 0.05) is 17.3 Å². The first kappa shape index (κ1) is 19.7. The molecule has 0 radical (unpaired) electrons. The second-order valence-electron chi connectivity index (χ2n) is 6.67. The van der Waals surface area contributed by atoms with Crippen molar-refractivity contribution in [2.75, 3.05) is 12.4 Å². The van der Waals surface area contributed by atoms with Gasteiger partial charge in [-0.15, -0.1) is 0 Å². The van der Waals surface area contributed by atoms with E-state index in [4.69, 9.17) is 16.3 Å². The third-order valence-electron chi connectivity index (χ3n) is 4.64. The van der Waals surface area contributed by atoms with Crippen LogP contribution >= 0.6 is 11.6 Å². The van der Waals surface area contributed by atoms with Gasteiger partial charge in [0.1, 0.15) is 12.3 Å². The minimum absolute atomic E-state index is 0.218. The first-order valence-corrected chi connectivity index (χ1v) is 9.62. The van der Waals surface area contributed by atoms with Crippen LogP contribution in [0.3, 0.4) is 0 Å². The number of amides is 1. The number of carbonyl (C=O) groups excluding carboxylic acids is 1. The molecule has 0 bridgehead atoms. The SMILES string of the molecule is COc1ccc(NC(=O)Cn2nc(-c3ccc4ccccc4c3)ccc2=O)cc1Cl. The standard InChI is InChI=1S/C23H18ClN3O3/c1-30-21-10-8-18(13-19(21)24)25-22(28)14-27-23(29)11-9-20(26-27)17-7-6-15-4-2-3-5-16(15)12-17/h2-13H,14H2,1H3,(H,25,28). The van der Waals surface area contributed by atoms with Crippen LogP contribution in [-0.2, 0) is 11.3 Å². The highest BCUT2D eigenvalue weighted by molar-refractivity contribution is 6.32. The minimum Gasteiger partial charge on any atom is -0.495 e. The van der Waals surface area contributed by atoms with Gasteiger partial charge in [0.2, 0.25) is 5.91 Å². The summed E-state index contributed by atoms with van der Waals surface area (Å²) in [5, 5.41) is 9.66. The van der Waals surface area contributed by atoms with Gasteiger partial charge >= 0.3 is 0 Å². The lowest BCUT2D eigenvalue weighted by molar-refractivity contribution is -0.117. The number of nitrogens with zero attached hydrogens (tertiary/aromatic N) is 2. The molecule has 0 saturated carbocycles. The van der Waals surface area contributed by atoms with Crippen LogP contribution in [0, 0.1) is 0 Å². The molecule has 30 heavy (non-hydrogen) atoms. The molecule has 0 fully saturated rings. The third kappa shape index (κ3) is 4.18. The summed E-state index contributed by atoms with van der Waals surface area (Å²) in [6, 6.07) is 21.9. The number of anilines is 1. The highest BCUT2D eigenvalue weighted by Crippen LogP contribution is 2.27. The van der Waals surface area contributed by atoms with Gasteiger partial charge in [-0.05, 0) is 41.1 Å². The molecule has 0 atom stereocenters. The molecule has 6 nitrogen and oxygen atoms in total. The van der Waals surface area contributed by atoms with E-state index in [1.165, 1.54) is 13.2 Å². The maximum atomic E-state index is 12.4. The molecule has 1 amide bonds. The first-order chi connectivity index (χ1) is 14.5. The Morgan fingerprint density at radius 1 is 1.03 bits per heavy atom. The van der Waals surface area contributed by atoms with Crippen LogP contribution in [0.15, 0.2) is 77.6 Å². The van der Waals surface area contributed by atoms with E-state index in [1.54, 1.807) is 24.3 Å². The van der Waals surface area contributed by atoms with Crippen LogP contribution in [0.1, 0.15) is 0 Å². The maximum absolute atomic E-state index is 12.4. The normalized spacial score (nSPS) is 10.7. The van der Waals surface area contributed by atoms with Crippen molar-refractivity contribution in [2.24, 2.45) is 0 Å². The van der Waals surface area contributed by atoms with E-state index in [0.29, 0.717) is 22.2 Å². The molecular formula is C23H18ClN3O3. The summed E-state index contributed by atoms with van der Waals surface area (Å²) >= 11 is 6.08. The largest absolute Gasteiger partial charge is 0.495 e. The summed E-state index contributed by atoms with van der Waals surface area (Å²) in [4.78, 5) is 24.7. The number of benzene rings is 3. The van der Waals surface area contributed by atoms with Crippen LogP contribution in [0.2, 0.25) is 5.02 Å². The fourth-order valence-electron chi connectivity index (χ4n) is 3.15. The molecule has 0 saturated heterocycles. The van der Waals surface area contributed by atoms with Gasteiger partial charge in [-0.1, -0.05) is 48.0 Å². The van der Waals surface area contributed by atoms with Crippen LogP contribution in [0.4, 0.5) is 5.69 Å². The van der Waals surface area contributed by atoms with Crippen molar-refractivity contribution in [3.05, 3.63) is 88.2 Å². The zero-order valence-corrected chi connectivity index (χ0v) is 16.9. The lowest BCUT2D eigenvalue weighted by atomic mass is 10.1. The van der Waals surface area contributed by atoms with Gasteiger partial charge in [-0.3, -0.25) is 9.59 Å². The zero-order chi connectivity index (χ0) is 21.1. The summed E-state index contributed by atoms with van der Waals surface area (Å²) in [5.74, 6) is 0.122. The summed E-state index contributed by atoms with van der Waals surface area (Å²) in [6.45, 7) is -0.218. The summed E-state index contributed by atoms with van der Waals surface area (Å²) in [7, 11) is 1.51. The van der Waals surface area contributed by atoms with E-state index in [1.807, 2.05) is 42.5 Å². The fourth-order valence-corrected chi connectivity index (χ4v) is 3.40. The van der Waals surface area contributed by atoms with Crippen molar-refractivity contribution in [1.29, 1.82) is 0 Å². The monoisotopic (exact) mass is 419 g/mol. The number of aromatic nitrogens is 2. The van der Waals surface area contributed by atoms with E-state index in [-0.39, 0.29) is 18.0 Å². The third-order valence-corrected chi connectivity index (χ3v) is 4.94. The molecule has 0 aliphatic rings. The molecular weight excluding hydrogens is 402 g/mol.